The molecule has 0 bridgehead atoms. The van der Waals surface area contributed by atoms with E-state index >= 15 is 0 Å². The Balaban J connectivity index is 2.13. The highest BCUT2D eigenvalue weighted by molar-refractivity contribution is 5.19. The minimum atomic E-state index is 0.350. The Kier molecular flexibility index (Phi) is 5.30. The predicted octanol–water partition coefficient (Wildman–Crippen LogP) is 2.83. The van der Waals surface area contributed by atoms with Gasteiger partial charge < -0.3 is 5.32 Å². The average Bonchev–Trinajstić information content (AvgIpc) is 2.92. The third kappa shape index (κ3) is 3.45. The molecule has 2 atom stereocenters. The van der Waals surface area contributed by atoms with Gasteiger partial charge in [-0.15, -0.1) is 0 Å². The highest BCUT2D eigenvalue weighted by Crippen LogP contribution is 2.24. The van der Waals surface area contributed by atoms with Crippen molar-refractivity contribution < 1.29 is 0 Å². The molecule has 0 aliphatic rings. The first-order valence-corrected chi connectivity index (χ1v) is 7.41. The van der Waals surface area contributed by atoms with Crippen LogP contribution in [0.5, 0.6) is 0 Å². The van der Waals surface area contributed by atoms with Crippen LogP contribution in [0.2, 0.25) is 0 Å². The fraction of sp³-hybridized carbons (Fsp3) is 0.500. The Hall–Kier alpha value is -1.68. The van der Waals surface area contributed by atoms with Gasteiger partial charge in [-0.05, 0) is 24.9 Å². The van der Waals surface area contributed by atoms with Crippen molar-refractivity contribution in [2.45, 2.75) is 39.8 Å². The fourth-order valence-corrected chi connectivity index (χ4v) is 2.64. The van der Waals surface area contributed by atoms with Crippen molar-refractivity contribution in [1.29, 1.82) is 0 Å². The second-order valence-corrected chi connectivity index (χ2v) is 5.12. The number of nitrogens with one attached hydrogen (secondary N) is 1. The first-order chi connectivity index (χ1) is 9.76. The van der Waals surface area contributed by atoms with E-state index in [2.05, 4.69) is 66.5 Å². The van der Waals surface area contributed by atoms with Gasteiger partial charge in [-0.3, -0.25) is 4.68 Å². The third-order valence-electron chi connectivity index (χ3n) is 3.65. The lowest BCUT2D eigenvalue weighted by Gasteiger charge is -2.25. The van der Waals surface area contributed by atoms with Crippen molar-refractivity contribution in [1.82, 2.24) is 20.1 Å². The first-order valence-electron chi connectivity index (χ1n) is 7.41. The number of benzene rings is 1. The molecule has 0 saturated heterocycles. The number of aryl methyl sites for hydroxylation is 1. The molecule has 0 amide bonds. The molecule has 0 fully saturated rings. The van der Waals surface area contributed by atoms with Crippen molar-refractivity contribution in [3.63, 3.8) is 0 Å². The summed E-state index contributed by atoms with van der Waals surface area (Å²) in [6, 6.07) is 11.0. The summed E-state index contributed by atoms with van der Waals surface area (Å²) in [4.78, 5) is 4.39. The van der Waals surface area contributed by atoms with Crippen molar-refractivity contribution in [3.05, 3.63) is 48.0 Å². The van der Waals surface area contributed by atoms with Crippen molar-refractivity contribution in [2.24, 2.45) is 5.92 Å². The van der Waals surface area contributed by atoms with Crippen molar-refractivity contribution in [3.8, 4) is 0 Å². The van der Waals surface area contributed by atoms with Crippen LogP contribution in [0.1, 0.15) is 38.2 Å². The van der Waals surface area contributed by atoms with Gasteiger partial charge in [-0.25, -0.2) is 4.98 Å². The van der Waals surface area contributed by atoms with Crippen LogP contribution in [0.15, 0.2) is 36.7 Å². The van der Waals surface area contributed by atoms with E-state index in [0.29, 0.717) is 12.0 Å². The Bertz CT molecular complexity index is 506. The van der Waals surface area contributed by atoms with E-state index in [-0.39, 0.29) is 0 Å². The topological polar surface area (TPSA) is 42.7 Å². The van der Waals surface area contributed by atoms with E-state index in [9.17, 15) is 0 Å². The molecule has 1 aromatic heterocycles. The van der Waals surface area contributed by atoms with Crippen LogP contribution < -0.4 is 5.32 Å². The molecule has 0 aliphatic carbocycles. The normalized spacial score (nSPS) is 14.2. The SMILES string of the molecule is CCNC(c1ccccc1)C(C)Cc1ncnn1CC. The Labute approximate surface area is 121 Å². The van der Waals surface area contributed by atoms with Crippen LogP contribution in [0.25, 0.3) is 0 Å². The number of hydrogen-bond acceptors (Lipinski definition) is 3. The van der Waals surface area contributed by atoms with Gasteiger partial charge >= 0.3 is 0 Å². The number of rotatable bonds is 7. The van der Waals surface area contributed by atoms with E-state index in [4.69, 9.17) is 0 Å². The first kappa shape index (κ1) is 14.7. The quantitative estimate of drug-likeness (QED) is 0.843. The van der Waals surface area contributed by atoms with Gasteiger partial charge in [0, 0.05) is 19.0 Å². The maximum Gasteiger partial charge on any atom is 0.138 e. The maximum absolute atomic E-state index is 4.39. The van der Waals surface area contributed by atoms with Gasteiger partial charge in [0.25, 0.3) is 0 Å². The average molecular weight is 272 g/mol. The zero-order valence-corrected chi connectivity index (χ0v) is 12.6. The summed E-state index contributed by atoms with van der Waals surface area (Å²) in [6.07, 6.45) is 2.58. The summed E-state index contributed by atoms with van der Waals surface area (Å²) < 4.78 is 1.98. The molecule has 4 nitrogen and oxygen atoms in total. The second kappa shape index (κ2) is 7.20. The van der Waals surface area contributed by atoms with Crippen molar-refractivity contribution >= 4 is 0 Å². The summed E-state index contributed by atoms with van der Waals surface area (Å²) >= 11 is 0. The molecule has 2 aromatic rings. The zero-order valence-electron chi connectivity index (χ0n) is 12.6. The summed E-state index contributed by atoms with van der Waals surface area (Å²) in [5.41, 5.74) is 1.34. The standard InChI is InChI=1S/C16H24N4/c1-4-17-16(14-9-7-6-8-10-14)13(3)11-15-18-12-19-20(15)5-2/h6-10,12-13,16-17H,4-5,11H2,1-3H3. The lowest BCUT2D eigenvalue weighted by molar-refractivity contribution is 0.379. The Morgan fingerprint density at radius 1 is 1.20 bits per heavy atom. The molecule has 20 heavy (non-hydrogen) atoms. The molecule has 2 unspecified atom stereocenters. The molecule has 4 heteroatoms. The largest absolute Gasteiger partial charge is 0.310 e. The smallest absolute Gasteiger partial charge is 0.138 e. The van der Waals surface area contributed by atoms with Crippen molar-refractivity contribution in [2.75, 3.05) is 6.54 Å². The Morgan fingerprint density at radius 2 is 1.95 bits per heavy atom. The summed E-state index contributed by atoms with van der Waals surface area (Å²) in [7, 11) is 0. The summed E-state index contributed by atoms with van der Waals surface area (Å²) in [5, 5.41) is 7.84. The van der Waals surface area contributed by atoms with E-state index < -0.39 is 0 Å². The van der Waals surface area contributed by atoms with Crippen LogP contribution in [0, 0.1) is 5.92 Å². The molecule has 0 aliphatic heterocycles. The van der Waals surface area contributed by atoms with Gasteiger partial charge in [0.15, 0.2) is 0 Å². The molecular formula is C16H24N4. The summed E-state index contributed by atoms with van der Waals surface area (Å²) in [6.45, 7) is 8.36. The molecule has 0 radical (unpaired) electrons. The predicted molar refractivity (Wildman–Crippen MR) is 81.4 cm³/mol. The minimum Gasteiger partial charge on any atom is -0.310 e. The van der Waals surface area contributed by atoms with Gasteiger partial charge in [0.2, 0.25) is 0 Å². The van der Waals surface area contributed by atoms with Crippen LogP contribution in [-0.4, -0.2) is 21.3 Å². The van der Waals surface area contributed by atoms with Crippen LogP contribution >= 0.6 is 0 Å². The molecular weight excluding hydrogens is 248 g/mol. The lowest BCUT2D eigenvalue weighted by atomic mass is 9.91. The van der Waals surface area contributed by atoms with Gasteiger partial charge in [0.1, 0.15) is 12.2 Å². The third-order valence-corrected chi connectivity index (χ3v) is 3.65. The van der Waals surface area contributed by atoms with Crippen LogP contribution in [-0.2, 0) is 13.0 Å². The molecule has 1 heterocycles. The molecule has 1 aromatic carbocycles. The minimum absolute atomic E-state index is 0.350. The maximum atomic E-state index is 4.39. The number of hydrogen-bond donors (Lipinski definition) is 1. The van der Waals surface area contributed by atoms with Crippen LogP contribution in [0.3, 0.4) is 0 Å². The lowest BCUT2D eigenvalue weighted by Crippen LogP contribution is -2.28. The monoisotopic (exact) mass is 272 g/mol. The van der Waals surface area contributed by atoms with Crippen LogP contribution in [0.4, 0.5) is 0 Å². The van der Waals surface area contributed by atoms with E-state index in [1.54, 1.807) is 6.33 Å². The van der Waals surface area contributed by atoms with Gasteiger partial charge in [-0.1, -0.05) is 44.2 Å². The van der Waals surface area contributed by atoms with E-state index in [1.165, 1.54) is 5.56 Å². The summed E-state index contributed by atoms with van der Waals surface area (Å²) in [5.74, 6) is 1.53. The molecule has 2 rings (SSSR count). The van der Waals surface area contributed by atoms with E-state index in [1.807, 2.05) is 4.68 Å². The Morgan fingerprint density at radius 3 is 2.60 bits per heavy atom. The highest BCUT2D eigenvalue weighted by Gasteiger charge is 2.20. The molecule has 108 valence electrons. The highest BCUT2D eigenvalue weighted by atomic mass is 15.3. The second-order valence-electron chi connectivity index (χ2n) is 5.12. The molecule has 0 spiro atoms. The molecule has 0 saturated carbocycles. The van der Waals surface area contributed by atoms with Gasteiger partial charge in [0.05, 0.1) is 0 Å². The van der Waals surface area contributed by atoms with Gasteiger partial charge in [-0.2, -0.15) is 5.10 Å². The fourth-order valence-electron chi connectivity index (χ4n) is 2.64. The zero-order chi connectivity index (χ0) is 14.4. The number of aromatic nitrogens is 3. The van der Waals surface area contributed by atoms with E-state index in [0.717, 1.165) is 25.3 Å². The number of nitrogens with zero attached hydrogens (tertiary/aromatic N) is 3. The molecule has 1 N–H and O–H groups in total.